The van der Waals surface area contributed by atoms with Gasteiger partial charge in [-0.25, -0.2) is 0 Å². The average molecular weight is 186 g/mol. The van der Waals surface area contributed by atoms with Gasteiger partial charge in [0.1, 0.15) is 0 Å². The summed E-state index contributed by atoms with van der Waals surface area (Å²) in [5.74, 6) is 0.602. The summed E-state index contributed by atoms with van der Waals surface area (Å²) in [6.45, 7) is 4.13. The van der Waals surface area contributed by atoms with E-state index in [1.165, 1.54) is 0 Å². The van der Waals surface area contributed by atoms with Gasteiger partial charge in [0.05, 0.1) is 6.61 Å². The van der Waals surface area contributed by atoms with Gasteiger partial charge >= 0.3 is 5.97 Å². The molecule has 0 atom stereocenters. The zero-order chi connectivity index (χ0) is 9.52. The number of hydrogen-bond acceptors (Lipinski definition) is 3. The molecular formula is C10H18O3. The van der Waals surface area contributed by atoms with Gasteiger partial charge in [-0.15, -0.1) is 0 Å². The maximum Gasteiger partial charge on any atom is 0.305 e. The Kier molecular flexibility index (Phi) is 4.83. The molecule has 0 aromatic heterocycles. The highest BCUT2D eigenvalue weighted by Gasteiger charge is 2.13. The SMILES string of the molecule is CCC(=O)OCCC1CCOCC1. The second-order valence-corrected chi connectivity index (χ2v) is 3.42. The van der Waals surface area contributed by atoms with Gasteiger partial charge < -0.3 is 9.47 Å². The van der Waals surface area contributed by atoms with Crippen molar-refractivity contribution in [2.24, 2.45) is 5.92 Å². The molecule has 0 radical (unpaired) electrons. The minimum Gasteiger partial charge on any atom is -0.466 e. The van der Waals surface area contributed by atoms with E-state index >= 15 is 0 Å². The van der Waals surface area contributed by atoms with Crippen molar-refractivity contribution in [1.82, 2.24) is 0 Å². The highest BCUT2D eigenvalue weighted by molar-refractivity contribution is 5.68. The van der Waals surface area contributed by atoms with Crippen LogP contribution in [0, 0.1) is 5.92 Å². The molecular weight excluding hydrogens is 168 g/mol. The molecule has 3 nitrogen and oxygen atoms in total. The monoisotopic (exact) mass is 186 g/mol. The zero-order valence-electron chi connectivity index (χ0n) is 8.25. The molecule has 1 aliphatic heterocycles. The minimum absolute atomic E-state index is 0.0907. The normalized spacial score (nSPS) is 18.5. The molecule has 1 fully saturated rings. The predicted molar refractivity (Wildman–Crippen MR) is 49.4 cm³/mol. The van der Waals surface area contributed by atoms with E-state index in [1.54, 1.807) is 0 Å². The van der Waals surface area contributed by atoms with E-state index in [1.807, 2.05) is 6.92 Å². The molecule has 0 aromatic rings. The summed E-state index contributed by atoms with van der Waals surface area (Å²) in [6.07, 6.45) is 3.70. The number of ether oxygens (including phenoxy) is 2. The number of carbonyl (C=O) groups is 1. The molecule has 1 saturated heterocycles. The Hall–Kier alpha value is -0.570. The van der Waals surface area contributed by atoms with Crippen LogP contribution < -0.4 is 0 Å². The van der Waals surface area contributed by atoms with Crippen molar-refractivity contribution in [2.45, 2.75) is 32.6 Å². The second kappa shape index (κ2) is 5.97. The van der Waals surface area contributed by atoms with Gasteiger partial charge in [-0.05, 0) is 25.2 Å². The highest BCUT2D eigenvalue weighted by atomic mass is 16.5. The highest BCUT2D eigenvalue weighted by Crippen LogP contribution is 2.18. The molecule has 0 spiro atoms. The van der Waals surface area contributed by atoms with Gasteiger partial charge in [0.25, 0.3) is 0 Å². The summed E-state index contributed by atoms with van der Waals surface area (Å²) in [5.41, 5.74) is 0. The molecule has 1 aliphatic rings. The molecule has 76 valence electrons. The summed E-state index contributed by atoms with van der Waals surface area (Å²) >= 11 is 0. The molecule has 1 rings (SSSR count). The number of hydrogen-bond donors (Lipinski definition) is 0. The van der Waals surface area contributed by atoms with Gasteiger partial charge in [-0.2, -0.15) is 0 Å². The first-order chi connectivity index (χ1) is 6.33. The molecule has 0 aromatic carbocycles. The molecule has 0 unspecified atom stereocenters. The number of carbonyl (C=O) groups excluding carboxylic acids is 1. The minimum atomic E-state index is -0.0907. The quantitative estimate of drug-likeness (QED) is 0.627. The van der Waals surface area contributed by atoms with E-state index in [0.717, 1.165) is 32.5 Å². The Bertz CT molecular complexity index is 150. The maximum atomic E-state index is 10.8. The van der Waals surface area contributed by atoms with E-state index in [0.29, 0.717) is 18.9 Å². The fourth-order valence-corrected chi connectivity index (χ4v) is 1.48. The Balaban J connectivity index is 2.01. The van der Waals surface area contributed by atoms with Crippen LogP contribution in [-0.2, 0) is 14.3 Å². The lowest BCUT2D eigenvalue weighted by Crippen LogP contribution is -2.18. The van der Waals surface area contributed by atoms with E-state index < -0.39 is 0 Å². The molecule has 0 saturated carbocycles. The predicted octanol–water partition coefficient (Wildman–Crippen LogP) is 1.76. The van der Waals surface area contributed by atoms with Crippen LogP contribution in [0.2, 0.25) is 0 Å². The summed E-state index contributed by atoms with van der Waals surface area (Å²) in [7, 11) is 0. The second-order valence-electron chi connectivity index (χ2n) is 3.42. The van der Waals surface area contributed by atoms with Gasteiger partial charge in [0.15, 0.2) is 0 Å². The molecule has 0 N–H and O–H groups in total. The Morgan fingerprint density at radius 2 is 2.15 bits per heavy atom. The largest absolute Gasteiger partial charge is 0.466 e. The standard InChI is InChI=1S/C10H18O3/c1-2-10(11)13-8-5-9-3-6-12-7-4-9/h9H,2-8H2,1H3. The maximum absolute atomic E-state index is 10.8. The van der Waals surface area contributed by atoms with Crippen LogP contribution >= 0.6 is 0 Å². The molecule has 0 bridgehead atoms. The van der Waals surface area contributed by atoms with E-state index in [2.05, 4.69) is 0 Å². The third-order valence-corrected chi connectivity index (χ3v) is 2.42. The van der Waals surface area contributed by atoms with Crippen LogP contribution in [0.4, 0.5) is 0 Å². The van der Waals surface area contributed by atoms with Crippen LogP contribution in [0.5, 0.6) is 0 Å². The topological polar surface area (TPSA) is 35.5 Å². The van der Waals surface area contributed by atoms with Crippen LogP contribution in [0.25, 0.3) is 0 Å². The zero-order valence-corrected chi connectivity index (χ0v) is 8.25. The van der Waals surface area contributed by atoms with Crippen molar-refractivity contribution in [3.05, 3.63) is 0 Å². The first kappa shape index (κ1) is 10.5. The van der Waals surface area contributed by atoms with Crippen molar-refractivity contribution in [2.75, 3.05) is 19.8 Å². The first-order valence-electron chi connectivity index (χ1n) is 5.06. The van der Waals surface area contributed by atoms with Crippen LogP contribution in [0.1, 0.15) is 32.6 Å². The lowest BCUT2D eigenvalue weighted by Gasteiger charge is -2.21. The van der Waals surface area contributed by atoms with Crippen molar-refractivity contribution in [3.8, 4) is 0 Å². The average Bonchev–Trinajstić information content (AvgIpc) is 2.19. The van der Waals surface area contributed by atoms with Gasteiger partial charge in [0.2, 0.25) is 0 Å². The van der Waals surface area contributed by atoms with Crippen molar-refractivity contribution in [1.29, 1.82) is 0 Å². The fourth-order valence-electron chi connectivity index (χ4n) is 1.48. The number of rotatable bonds is 4. The molecule has 0 amide bonds. The smallest absolute Gasteiger partial charge is 0.305 e. The van der Waals surface area contributed by atoms with E-state index in [-0.39, 0.29) is 5.97 Å². The third-order valence-electron chi connectivity index (χ3n) is 2.42. The molecule has 13 heavy (non-hydrogen) atoms. The molecule has 1 heterocycles. The Morgan fingerprint density at radius 1 is 1.46 bits per heavy atom. The van der Waals surface area contributed by atoms with E-state index in [9.17, 15) is 4.79 Å². The first-order valence-corrected chi connectivity index (χ1v) is 5.06. The summed E-state index contributed by atoms with van der Waals surface area (Å²) in [4.78, 5) is 10.8. The lowest BCUT2D eigenvalue weighted by molar-refractivity contribution is -0.143. The fraction of sp³-hybridized carbons (Fsp3) is 0.900. The summed E-state index contributed by atoms with van der Waals surface area (Å²) < 4.78 is 10.3. The van der Waals surface area contributed by atoms with Gasteiger partial charge in [-0.1, -0.05) is 6.92 Å². The number of esters is 1. The van der Waals surface area contributed by atoms with Crippen molar-refractivity contribution >= 4 is 5.97 Å². The van der Waals surface area contributed by atoms with Crippen molar-refractivity contribution < 1.29 is 14.3 Å². The molecule has 3 heteroatoms. The molecule has 0 aliphatic carbocycles. The summed E-state index contributed by atoms with van der Waals surface area (Å²) in [5, 5.41) is 0. The van der Waals surface area contributed by atoms with Gasteiger partial charge in [0, 0.05) is 19.6 Å². The van der Waals surface area contributed by atoms with Crippen LogP contribution in [0.15, 0.2) is 0 Å². The van der Waals surface area contributed by atoms with Crippen LogP contribution in [0.3, 0.4) is 0 Å². The van der Waals surface area contributed by atoms with Crippen molar-refractivity contribution in [3.63, 3.8) is 0 Å². The van der Waals surface area contributed by atoms with Crippen LogP contribution in [-0.4, -0.2) is 25.8 Å². The van der Waals surface area contributed by atoms with Gasteiger partial charge in [-0.3, -0.25) is 4.79 Å². The summed E-state index contributed by atoms with van der Waals surface area (Å²) in [6, 6.07) is 0. The Morgan fingerprint density at radius 3 is 2.77 bits per heavy atom. The van der Waals surface area contributed by atoms with E-state index in [4.69, 9.17) is 9.47 Å². The lowest BCUT2D eigenvalue weighted by atomic mass is 9.97. The third kappa shape index (κ3) is 4.27. The Labute approximate surface area is 79.4 Å².